The molecule has 0 aliphatic carbocycles. The molecule has 0 aliphatic heterocycles. The number of hydrogen-bond acceptors (Lipinski definition) is 1. The highest BCUT2D eigenvalue weighted by atomic mass is 14.5. The van der Waals surface area contributed by atoms with Crippen molar-refractivity contribution in [3.63, 3.8) is 0 Å². The van der Waals surface area contributed by atoms with Crippen LogP contribution in [-0.4, -0.2) is 6.54 Å². The molecule has 0 amide bonds. The predicted molar refractivity (Wildman–Crippen MR) is 69.4 cm³/mol. The van der Waals surface area contributed by atoms with Crippen LogP contribution in [0.15, 0.2) is 48.5 Å². The fourth-order valence-corrected chi connectivity index (χ4v) is 1.91. The highest BCUT2D eigenvalue weighted by Gasteiger charge is 2.01. The van der Waals surface area contributed by atoms with E-state index in [4.69, 9.17) is 5.73 Å². The Kier molecular flexibility index (Phi) is 3.37. The van der Waals surface area contributed by atoms with Gasteiger partial charge in [-0.25, -0.2) is 0 Å². The van der Waals surface area contributed by atoms with Crippen LogP contribution < -0.4 is 5.73 Å². The van der Waals surface area contributed by atoms with Gasteiger partial charge in [-0.1, -0.05) is 48.5 Å². The lowest BCUT2D eigenvalue weighted by atomic mass is 9.98. The van der Waals surface area contributed by atoms with Crippen molar-refractivity contribution in [3.05, 3.63) is 59.7 Å². The maximum absolute atomic E-state index is 5.62. The summed E-state index contributed by atoms with van der Waals surface area (Å²) < 4.78 is 0. The minimum atomic E-state index is 0.707. The van der Waals surface area contributed by atoms with Crippen LogP contribution in [0, 0.1) is 6.92 Å². The van der Waals surface area contributed by atoms with E-state index in [2.05, 4.69) is 49.4 Å². The average Bonchev–Trinajstić information content (AvgIpc) is 2.33. The second kappa shape index (κ2) is 4.95. The third kappa shape index (κ3) is 2.31. The molecule has 0 atom stereocenters. The molecule has 0 saturated carbocycles. The molecular weight excluding hydrogens is 194 g/mol. The maximum Gasteiger partial charge on any atom is -0.00366 e. The summed E-state index contributed by atoms with van der Waals surface area (Å²) in [5.74, 6) is 0. The summed E-state index contributed by atoms with van der Waals surface area (Å²) in [6, 6.07) is 17.0. The molecule has 2 aromatic rings. The zero-order valence-electron chi connectivity index (χ0n) is 9.61. The van der Waals surface area contributed by atoms with Gasteiger partial charge in [-0.05, 0) is 42.1 Å². The average molecular weight is 211 g/mol. The van der Waals surface area contributed by atoms with Crippen LogP contribution in [0.3, 0.4) is 0 Å². The first-order valence-corrected chi connectivity index (χ1v) is 5.66. The van der Waals surface area contributed by atoms with E-state index in [0.29, 0.717) is 6.54 Å². The van der Waals surface area contributed by atoms with E-state index in [1.165, 1.54) is 22.3 Å². The van der Waals surface area contributed by atoms with Crippen LogP contribution in [0.2, 0.25) is 0 Å². The molecule has 2 rings (SSSR count). The number of benzene rings is 2. The molecule has 1 nitrogen and oxygen atoms in total. The third-order valence-electron chi connectivity index (χ3n) is 2.87. The zero-order valence-corrected chi connectivity index (χ0v) is 9.61. The SMILES string of the molecule is Cc1ccc(-c2ccccc2)cc1CCN. The van der Waals surface area contributed by atoms with E-state index >= 15 is 0 Å². The van der Waals surface area contributed by atoms with E-state index < -0.39 is 0 Å². The first-order chi connectivity index (χ1) is 7.81. The Balaban J connectivity index is 2.40. The van der Waals surface area contributed by atoms with Gasteiger partial charge in [-0.2, -0.15) is 0 Å². The van der Waals surface area contributed by atoms with Crippen LogP contribution in [0.4, 0.5) is 0 Å². The molecule has 82 valence electrons. The molecule has 0 radical (unpaired) electrons. The molecule has 0 aliphatic rings. The van der Waals surface area contributed by atoms with E-state index in [9.17, 15) is 0 Å². The van der Waals surface area contributed by atoms with Gasteiger partial charge in [-0.3, -0.25) is 0 Å². The van der Waals surface area contributed by atoms with Crippen LogP contribution in [0.5, 0.6) is 0 Å². The fraction of sp³-hybridized carbons (Fsp3) is 0.200. The number of hydrogen-bond donors (Lipinski definition) is 1. The molecule has 16 heavy (non-hydrogen) atoms. The molecular formula is C15H17N. The topological polar surface area (TPSA) is 26.0 Å². The summed E-state index contributed by atoms with van der Waals surface area (Å²) in [5.41, 5.74) is 10.8. The van der Waals surface area contributed by atoms with E-state index in [-0.39, 0.29) is 0 Å². The van der Waals surface area contributed by atoms with Crippen molar-refractivity contribution in [2.75, 3.05) is 6.54 Å². The highest BCUT2D eigenvalue weighted by molar-refractivity contribution is 5.64. The monoisotopic (exact) mass is 211 g/mol. The van der Waals surface area contributed by atoms with Gasteiger partial charge in [0.15, 0.2) is 0 Å². The van der Waals surface area contributed by atoms with Crippen LogP contribution >= 0.6 is 0 Å². The van der Waals surface area contributed by atoms with Gasteiger partial charge in [0.2, 0.25) is 0 Å². The second-order valence-corrected chi connectivity index (χ2v) is 4.05. The summed E-state index contributed by atoms with van der Waals surface area (Å²) in [4.78, 5) is 0. The highest BCUT2D eigenvalue weighted by Crippen LogP contribution is 2.22. The molecule has 2 N–H and O–H groups in total. The predicted octanol–water partition coefficient (Wildman–Crippen LogP) is 3.16. The summed E-state index contributed by atoms with van der Waals surface area (Å²) in [6.07, 6.45) is 0.951. The van der Waals surface area contributed by atoms with Gasteiger partial charge >= 0.3 is 0 Å². The molecule has 1 heteroatoms. The minimum absolute atomic E-state index is 0.707. The third-order valence-corrected chi connectivity index (χ3v) is 2.87. The largest absolute Gasteiger partial charge is 0.330 e. The molecule has 0 saturated heterocycles. The van der Waals surface area contributed by atoms with Crippen LogP contribution in [-0.2, 0) is 6.42 Å². The molecule has 0 spiro atoms. The summed E-state index contributed by atoms with van der Waals surface area (Å²) in [6.45, 7) is 2.85. The van der Waals surface area contributed by atoms with E-state index in [0.717, 1.165) is 6.42 Å². The Morgan fingerprint density at radius 3 is 2.38 bits per heavy atom. The van der Waals surface area contributed by atoms with Gasteiger partial charge in [0.1, 0.15) is 0 Å². The summed E-state index contributed by atoms with van der Waals surface area (Å²) in [7, 11) is 0. The first kappa shape index (κ1) is 10.9. The molecule has 0 heterocycles. The first-order valence-electron chi connectivity index (χ1n) is 5.66. The van der Waals surface area contributed by atoms with Crippen molar-refractivity contribution >= 4 is 0 Å². The molecule has 2 aromatic carbocycles. The Bertz CT molecular complexity index is 460. The van der Waals surface area contributed by atoms with Crippen LogP contribution in [0.1, 0.15) is 11.1 Å². The number of rotatable bonds is 3. The standard InChI is InChI=1S/C15H17N/c1-12-7-8-15(11-14(12)9-10-16)13-5-3-2-4-6-13/h2-8,11H,9-10,16H2,1H3. The normalized spacial score (nSPS) is 10.4. The Hall–Kier alpha value is -1.60. The molecule has 0 bridgehead atoms. The summed E-state index contributed by atoms with van der Waals surface area (Å²) >= 11 is 0. The van der Waals surface area contributed by atoms with Gasteiger partial charge in [0.25, 0.3) is 0 Å². The Morgan fingerprint density at radius 1 is 0.938 bits per heavy atom. The lowest BCUT2D eigenvalue weighted by molar-refractivity contribution is 0.958. The van der Waals surface area contributed by atoms with Gasteiger partial charge in [0, 0.05) is 0 Å². The lowest BCUT2D eigenvalue weighted by Gasteiger charge is -2.08. The van der Waals surface area contributed by atoms with Crippen LogP contribution in [0.25, 0.3) is 11.1 Å². The molecule has 0 fully saturated rings. The van der Waals surface area contributed by atoms with Crippen molar-refractivity contribution in [2.24, 2.45) is 5.73 Å². The van der Waals surface area contributed by atoms with E-state index in [1.807, 2.05) is 6.07 Å². The van der Waals surface area contributed by atoms with Gasteiger partial charge < -0.3 is 5.73 Å². The van der Waals surface area contributed by atoms with E-state index in [1.54, 1.807) is 0 Å². The minimum Gasteiger partial charge on any atom is -0.330 e. The van der Waals surface area contributed by atoms with Gasteiger partial charge in [-0.15, -0.1) is 0 Å². The Morgan fingerprint density at radius 2 is 1.69 bits per heavy atom. The number of nitrogens with two attached hydrogens (primary N) is 1. The van der Waals surface area contributed by atoms with Gasteiger partial charge in [0.05, 0.1) is 0 Å². The zero-order chi connectivity index (χ0) is 11.4. The maximum atomic E-state index is 5.62. The lowest BCUT2D eigenvalue weighted by Crippen LogP contribution is -2.04. The molecule has 0 aromatic heterocycles. The van der Waals surface area contributed by atoms with Crippen molar-refractivity contribution < 1.29 is 0 Å². The summed E-state index contributed by atoms with van der Waals surface area (Å²) in [5, 5.41) is 0. The smallest absolute Gasteiger partial charge is 0.00366 e. The fourth-order valence-electron chi connectivity index (χ4n) is 1.91. The van der Waals surface area contributed by atoms with Crippen molar-refractivity contribution in [1.82, 2.24) is 0 Å². The quantitative estimate of drug-likeness (QED) is 0.829. The van der Waals surface area contributed by atoms with Crippen molar-refractivity contribution in [2.45, 2.75) is 13.3 Å². The van der Waals surface area contributed by atoms with Crippen molar-refractivity contribution in [1.29, 1.82) is 0 Å². The molecule has 0 unspecified atom stereocenters. The number of aryl methyl sites for hydroxylation is 1. The van der Waals surface area contributed by atoms with Crippen molar-refractivity contribution in [3.8, 4) is 11.1 Å². The second-order valence-electron chi connectivity index (χ2n) is 4.05. The Labute approximate surface area is 96.9 Å².